The SMILES string of the molecule is COc1ccc(S(=O)(=O)N2CCC[C@H]2C(=O)O[C@@H](C)C(=O)NC2CC2)cc1. The van der Waals surface area contributed by atoms with Crippen molar-refractivity contribution in [2.24, 2.45) is 0 Å². The lowest BCUT2D eigenvalue weighted by Gasteiger charge is -2.24. The maximum Gasteiger partial charge on any atom is 0.325 e. The summed E-state index contributed by atoms with van der Waals surface area (Å²) < 4.78 is 37.3. The van der Waals surface area contributed by atoms with Crippen LogP contribution in [0.2, 0.25) is 0 Å². The van der Waals surface area contributed by atoms with Crippen molar-refractivity contribution in [3.05, 3.63) is 24.3 Å². The van der Waals surface area contributed by atoms with Crippen LogP contribution >= 0.6 is 0 Å². The molecule has 1 N–H and O–H groups in total. The van der Waals surface area contributed by atoms with E-state index in [1.807, 2.05) is 0 Å². The molecule has 1 saturated carbocycles. The zero-order chi connectivity index (χ0) is 19.6. The van der Waals surface area contributed by atoms with Gasteiger partial charge in [-0.15, -0.1) is 0 Å². The van der Waals surface area contributed by atoms with Gasteiger partial charge in [-0.25, -0.2) is 8.42 Å². The quantitative estimate of drug-likeness (QED) is 0.692. The zero-order valence-corrected chi connectivity index (χ0v) is 16.2. The minimum Gasteiger partial charge on any atom is -0.497 e. The fourth-order valence-electron chi connectivity index (χ4n) is 3.00. The van der Waals surface area contributed by atoms with E-state index >= 15 is 0 Å². The molecule has 1 aromatic carbocycles. The molecule has 8 nitrogen and oxygen atoms in total. The first kappa shape index (κ1) is 19.6. The summed E-state index contributed by atoms with van der Waals surface area (Å²) in [5.41, 5.74) is 0. The second kappa shape index (κ2) is 7.85. The average Bonchev–Trinajstić information content (AvgIpc) is 3.32. The number of hydrogen-bond acceptors (Lipinski definition) is 6. The Morgan fingerprint density at radius 1 is 1.19 bits per heavy atom. The van der Waals surface area contributed by atoms with Gasteiger partial charge in [-0.3, -0.25) is 9.59 Å². The highest BCUT2D eigenvalue weighted by Gasteiger charge is 2.41. The first-order valence-corrected chi connectivity index (χ1v) is 10.4. The van der Waals surface area contributed by atoms with E-state index in [1.165, 1.54) is 26.2 Å². The van der Waals surface area contributed by atoms with Gasteiger partial charge in [0.1, 0.15) is 11.8 Å². The molecule has 1 aromatic rings. The minimum absolute atomic E-state index is 0.0857. The molecular weight excluding hydrogens is 372 g/mol. The molecule has 1 saturated heterocycles. The highest BCUT2D eigenvalue weighted by molar-refractivity contribution is 7.89. The third-order valence-corrected chi connectivity index (χ3v) is 6.65. The van der Waals surface area contributed by atoms with Crippen molar-refractivity contribution < 1.29 is 27.5 Å². The van der Waals surface area contributed by atoms with Crippen LogP contribution in [0.3, 0.4) is 0 Å². The van der Waals surface area contributed by atoms with Gasteiger partial charge < -0.3 is 14.8 Å². The number of methoxy groups -OCH3 is 1. The number of nitrogens with zero attached hydrogens (tertiary/aromatic N) is 1. The molecule has 1 amide bonds. The Bertz CT molecular complexity index is 804. The van der Waals surface area contributed by atoms with E-state index in [1.54, 1.807) is 12.1 Å². The Hall–Kier alpha value is -2.13. The smallest absolute Gasteiger partial charge is 0.325 e. The molecule has 148 valence electrons. The molecule has 2 atom stereocenters. The van der Waals surface area contributed by atoms with Crippen LogP contribution in [-0.4, -0.2) is 56.4 Å². The molecule has 0 radical (unpaired) electrons. The van der Waals surface area contributed by atoms with Gasteiger partial charge in [0.2, 0.25) is 10.0 Å². The zero-order valence-electron chi connectivity index (χ0n) is 15.4. The molecule has 1 heterocycles. The summed E-state index contributed by atoms with van der Waals surface area (Å²) >= 11 is 0. The summed E-state index contributed by atoms with van der Waals surface area (Å²) in [6.07, 6.45) is 1.83. The van der Waals surface area contributed by atoms with Crippen molar-refractivity contribution >= 4 is 21.9 Å². The topological polar surface area (TPSA) is 102 Å². The number of rotatable bonds is 7. The van der Waals surface area contributed by atoms with Crippen molar-refractivity contribution in [2.75, 3.05) is 13.7 Å². The van der Waals surface area contributed by atoms with Crippen LogP contribution in [0, 0.1) is 0 Å². The third kappa shape index (κ3) is 4.41. The Morgan fingerprint density at radius 3 is 2.44 bits per heavy atom. The molecule has 1 aliphatic carbocycles. The van der Waals surface area contributed by atoms with Crippen LogP contribution in [0.5, 0.6) is 5.75 Å². The van der Waals surface area contributed by atoms with E-state index in [9.17, 15) is 18.0 Å². The summed E-state index contributed by atoms with van der Waals surface area (Å²) in [5.74, 6) is -0.502. The number of hydrogen-bond donors (Lipinski definition) is 1. The molecule has 2 fully saturated rings. The molecule has 0 spiro atoms. The number of carbonyl (C=O) groups excluding carboxylic acids is 2. The lowest BCUT2D eigenvalue weighted by Crippen LogP contribution is -2.44. The van der Waals surface area contributed by atoms with Crippen molar-refractivity contribution in [1.82, 2.24) is 9.62 Å². The number of ether oxygens (including phenoxy) is 2. The Kier molecular flexibility index (Phi) is 5.71. The number of benzene rings is 1. The first-order valence-electron chi connectivity index (χ1n) is 8.99. The van der Waals surface area contributed by atoms with Crippen LogP contribution in [0.4, 0.5) is 0 Å². The summed E-state index contributed by atoms with van der Waals surface area (Å²) in [6.45, 7) is 1.73. The van der Waals surface area contributed by atoms with Crippen LogP contribution in [-0.2, 0) is 24.3 Å². The lowest BCUT2D eigenvalue weighted by atomic mass is 10.2. The van der Waals surface area contributed by atoms with Crippen LogP contribution in [0.25, 0.3) is 0 Å². The predicted octanol–water partition coefficient (Wildman–Crippen LogP) is 1.06. The van der Waals surface area contributed by atoms with E-state index in [4.69, 9.17) is 9.47 Å². The second-order valence-electron chi connectivity index (χ2n) is 6.81. The molecule has 9 heteroatoms. The maximum absolute atomic E-state index is 12.9. The van der Waals surface area contributed by atoms with Crippen molar-refractivity contribution in [2.45, 2.75) is 55.7 Å². The summed E-state index contributed by atoms with van der Waals surface area (Å²) in [4.78, 5) is 24.6. The average molecular weight is 396 g/mol. The Morgan fingerprint density at radius 2 is 1.85 bits per heavy atom. The van der Waals surface area contributed by atoms with Gasteiger partial charge in [0, 0.05) is 12.6 Å². The lowest BCUT2D eigenvalue weighted by molar-refractivity contribution is -0.157. The number of nitrogens with one attached hydrogen (secondary N) is 1. The number of carbonyl (C=O) groups is 2. The van der Waals surface area contributed by atoms with Gasteiger partial charge in [0.25, 0.3) is 5.91 Å². The van der Waals surface area contributed by atoms with E-state index in [0.717, 1.165) is 17.1 Å². The predicted molar refractivity (Wildman–Crippen MR) is 96.6 cm³/mol. The van der Waals surface area contributed by atoms with Crippen molar-refractivity contribution in [3.63, 3.8) is 0 Å². The van der Waals surface area contributed by atoms with Gasteiger partial charge in [-0.2, -0.15) is 4.31 Å². The highest BCUT2D eigenvalue weighted by Crippen LogP contribution is 2.28. The molecule has 0 aromatic heterocycles. The Labute approximate surface area is 158 Å². The number of esters is 1. The Balaban J connectivity index is 1.69. The molecule has 27 heavy (non-hydrogen) atoms. The van der Waals surface area contributed by atoms with E-state index < -0.39 is 28.1 Å². The fourth-order valence-corrected chi connectivity index (χ4v) is 4.65. The third-order valence-electron chi connectivity index (χ3n) is 4.73. The monoisotopic (exact) mass is 396 g/mol. The van der Waals surface area contributed by atoms with E-state index in [2.05, 4.69) is 5.32 Å². The van der Waals surface area contributed by atoms with Gasteiger partial charge in [-0.05, 0) is 56.9 Å². The molecule has 0 bridgehead atoms. The molecular formula is C18H24N2O6S. The van der Waals surface area contributed by atoms with Gasteiger partial charge in [-0.1, -0.05) is 0 Å². The first-order chi connectivity index (χ1) is 12.8. The van der Waals surface area contributed by atoms with Crippen molar-refractivity contribution in [1.29, 1.82) is 0 Å². The number of sulfonamides is 1. The molecule has 2 aliphatic rings. The van der Waals surface area contributed by atoms with Crippen LogP contribution in [0.15, 0.2) is 29.2 Å². The maximum atomic E-state index is 12.9. The summed E-state index contributed by atoms with van der Waals surface area (Å²) in [7, 11) is -2.35. The van der Waals surface area contributed by atoms with Gasteiger partial charge in [0.15, 0.2) is 6.10 Å². The van der Waals surface area contributed by atoms with Gasteiger partial charge >= 0.3 is 5.97 Å². The summed E-state index contributed by atoms with van der Waals surface area (Å²) in [5, 5.41) is 2.77. The van der Waals surface area contributed by atoms with Crippen LogP contribution in [0.1, 0.15) is 32.6 Å². The highest BCUT2D eigenvalue weighted by atomic mass is 32.2. The van der Waals surface area contributed by atoms with Crippen molar-refractivity contribution in [3.8, 4) is 5.75 Å². The largest absolute Gasteiger partial charge is 0.497 e. The van der Waals surface area contributed by atoms with Gasteiger partial charge in [0.05, 0.1) is 12.0 Å². The normalized spacial score (nSPS) is 21.5. The molecule has 3 rings (SSSR count). The number of amides is 1. The fraction of sp³-hybridized carbons (Fsp3) is 0.556. The van der Waals surface area contributed by atoms with E-state index in [-0.39, 0.29) is 23.4 Å². The molecule has 0 unspecified atom stereocenters. The summed E-state index contributed by atoms with van der Waals surface area (Å²) in [6, 6.07) is 5.24. The molecule has 1 aliphatic heterocycles. The minimum atomic E-state index is -3.85. The standard InChI is InChI=1S/C18H24N2O6S/c1-12(17(21)19-13-5-6-13)26-18(22)16-4-3-11-20(16)27(23,24)15-9-7-14(25-2)8-10-15/h7-10,12-13,16H,3-6,11H2,1-2H3,(H,19,21)/t12-,16-/m0/s1. The van der Waals surface area contributed by atoms with Crippen LogP contribution < -0.4 is 10.1 Å². The van der Waals surface area contributed by atoms with E-state index in [0.29, 0.717) is 18.6 Å². The second-order valence-corrected chi connectivity index (χ2v) is 8.70.